The highest BCUT2D eigenvalue weighted by molar-refractivity contribution is 6.25. The average molecular weight is 375 g/mol. The fraction of sp³-hybridized carbons (Fsp3) is 0.500. The molecule has 3 aliphatic rings. The van der Waals surface area contributed by atoms with Gasteiger partial charge in [-0.05, 0) is 6.92 Å². The average Bonchev–Trinajstić information content (AvgIpc) is 2.61. The summed E-state index contributed by atoms with van der Waals surface area (Å²) in [5.74, 6) is -1.92. The maximum atomic E-state index is 13.0. The van der Waals surface area contributed by atoms with E-state index in [-0.39, 0.29) is 65.5 Å². The van der Waals surface area contributed by atoms with Crippen molar-refractivity contribution in [3.8, 4) is 0 Å². The molecule has 0 aromatic carbocycles. The van der Waals surface area contributed by atoms with E-state index in [4.69, 9.17) is 4.74 Å². The topological polar surface area (TPSA) is 113 Å². The zero-order chi connectivity index (χ0) is 20.0. The van der Waals surface area contributed by atoms with Crippen LogP contribution < -0.4 is 5.32 Å². The number of nitrogens with zero attached hydrogens (tertiary/aromatic N) is 2. The molecule has 144 valence electrons. The number of ether oxygens (including phenoxy) is 1. The van der Waals surface area contributed by atoms with Crippen LogP contribution in [0.2, 0.25) is 0 Å². The summed E-state index contributed by atoms with van der Waals surface area (Å²) in [5.41, 5.74) is 0.514. The fourth-order valence-corrected chi connectivity index (χ4v) is 3.94. The first-order chi connectivity index (χ1) is 12.7. The van der Waals surface area contributed by atoms with Gasteiger partial charge in [-0.15, -0.1) is 0 Å². The molecule has 3 amide bonds. The van der Waals surface area contributed by atoms with Crippen molar-refractivity contribution in [1.82, 2.24) is 15.1 Å². The van der Waals surface area contributed by atoms with Gasteiger partial charge in [-0.2, -0.15) is 0 Å². The molecular weight excluding hydrogens is 354 g/mol. The number of carbonyl (C=O) groups excluding carboxylic acids is 5. The highest BCUT2D eigenvalue weighted by Crippen LogP contribution is 2.38. The van der Waals surface area contributed by atoms with E-state index in [9.17, 15) is 24.0 Å². The van der Waals surface area contributed by atoms with Gasteiger partial charge in [-0.1, -0.05) is 0 Å². The van der Waals surface area contributed by atoms with Gasteiger partial charge in [0.05, 0.1) is 19.7 Å². The van der Waals surface area contributed by atoms with Gasteiger partial charge in [0.25, 0.3) is 0 Å². The molecule has 0 spiro atoms. The highest BCUT2D eigenvalue weighted by atomic mass is 16.5. The summed E-state index contributed by atoms with van der Waals surface area (Å²) in [7, 11) is 2.82. The number of allylic oxidation sites excluding steroid dienone is 2. The number of ketones is 2. The number of Topliss-reactive ketones (excluding diaryl/α,β-unsaturated/α-hetero) is 2. The molecule has 2 atom stereocenters. The number of likely N-dealkylation sites (N-methyl/N-ethyl adjacent to an activating group) is 1. The molecule has 2 heterocycles. The molecule has 0 unspecified atom stereocenters. The predicted octanol–water partition coefficient (Wildman–Crippen LogP) is -1.07. The maximum absolute atomic E-state index is 13.0. The second-order valence-corrected chi connectivity index (χ2v) is 6.88. The summed E-state index contributed by atoms with van der Waals surface area (Å²) in [6.07, 6.45) is -0.0280. The van der Waals surface area contributed by atoms with Crippen molar-refractivity contribution in [1.29, 1.82) is 0 Å². The van der Waals surface area contributed by atoms with Gasteiger partial charge in [0, 0.05) is 43.7 Å². The monoisotopic (exact) mass is 375 g/mol. The summed E-state index contributed by atoms with van der Waals surface area (Å²) in [6, 6.07) is -1.77. The smallest absolute Gasteiger partial charge is 0.245 e. The van der Waals surface area contributed by atoms with Gasteiger partial charge in [0.15, 0.2) is 11.5 Å². The van der Waals surface area contributed by atoms with Crippen molar-refractivity contribution in [3.63, 3.8) is 0 Å². The zero-order valence-electron chi connectivity index (χ0n) is 15.6. The third-order valence-corrected chi connectivity index (χ3v) is 5.20. The number of hydrogen-bond donors (Lipinski definition) is 1. The molecule has 1 N–H and O–H groups in total. The Balaban J connectivity index is 2.14. The SMILES string of the molecule is COC1=C(C)C(=O)C2=C(C1=O)[C@@H](CNC(C)=O)N1C(=O)CN(C)C(=O)[C@@H]1C2. The van der Waals surface area contributed by atoms with Crippen LogP contribution in [0.5, 0.6) is 0 Å². The Kier molecular flexibility index (Phi) is 4.63. The van der Waals surface area contributed by atoms with E-state index in [1.807, 2.05) is 0 Å². The van der Waals surface area contributed by atoms with Crippen LogP contribution in [0.15, 0.2) is 22.5 Å². The molecule has 1 fully saturated rings. The number of fused-ring (bicyclic) bond motifs is 1. The molecular formula is C18H21N3O6. The van der Waals surface area contributed by atoms with Gasteiger partial charge >= 0.3 is 0 Å². The van der Waals surface area contributed by atoms with E-state index < -0.39 is 17.9 Å². The van der Waals surface area contributed by atoms with E-state index >= 15 is 0 Å². The first kappa shape index (κ1) is 18.8. The van der Waals surface area contributed by atoms with E-state index in [2.05, 4.69) is 5.32 Å². The lowest BCUT2D eigenvalue weighted by atomic mass is 9.77. The summed E-state index contributed by atoms with van der Waals surface area (Å²) < 4.78 is 5.12. The minimum atomic E-state index is -0.900. The normalized spacial score (nSPS) is 25.6. The molecule has 0 aromatic rings. The van der Waals surface area contributed by atoms with Crippen LogP contribution in [-0.2, 0) is 28.7 Å². The van der Waals surface area contributed by atoms with Crippen LogP contribution in [0.3, 0.4) is 0 Å². The number of rotatable bonds is 3. The summed E-state index contributed by atoms with van der Waals surface area (Å²) in [5, 5.41) is 2.60. The second-order valence-electron chi connectivity index (χ2n) is 6.88. The highest BCUT2D eigenvalue weighted by Gasteiger charge is 2.51. The number of amides is 3. The maximum Gasteiger partial charge on any atom is 0.245 e. The number of methoxy groups -OCH3 is 1. The molecule has 27 heavy (non-hydrogen) atoms. The Morgan fingerprint density at radius 2 is 1.89 bits per heavy atom. The minimum absolute atomic E-state index is 0.0280. The number of carbonyl (C=O) groups is 5. The quantitative estimate of drug-likeness (QED) is 0.629. The molecule has 3 rings (SSSR count). The van der Waals surface area contributed by atoms with Gasteiger partial charge in [0.2, 0.25) is 23.5 Å². The van der Waals surface area contributed by atoms with Crippen molar-refractivity contribution in [3.05, 3.63) is 22.5 Å². The third kappa shape index (κ3) is 2.83. The fourth-order valence-electron chi connectivity index (χ4n) is 3.94. The van der Waals surface area contributed by atoms with Crippen molar-refractivity contribution < 1.29 is 28.7 Å². The van der Waals surface area contributed by atoms with Crippen LogP contribution in [0.25, 0.3) is 0 Å². The van der Waals surface area contributed by atoms with Crippen molar-refractivity contribution >= 4 is 29.3 Å². The predicted molar refractivity (Wildman–Crippen MR) is 92.1 cm³/mol. The Morgan fingerprint density at radius 3 is 2.48 bits per heavy atom. The first-order valence-electron chi connectivity index (χ1n) is 8.56. The Morgan fingerprint density at radius 1 is 1.22 bits per heavy atom. The minimum Gasteiger partial charge on any atom is -0.492 e. The molecule has 1 saturated heterocycles. The Hall–Kier alpha value is -2.97. The van der Waals surface area contributed by atoms with Gasteiger partial charge in [0.1, 0.15) is 6.04 Å². The molecule has 1 aliphatic carbocycles. The van der Waals surface area contributed by atoms with Crippen LogP contribution in [0.1, 0.15) is 20.3 Å². The van der Waals surface area contributed by atoms with Crippen LogP contribution in [0, 0.1) is 0 Å². The third-order valence-electron chi connectivity index (χ3n) is 5.20. The van der Waals surface area contributed by atoms with E-state index in [0.29, 0.717) is 0 Å². The molecule has 0 saturated carbocycles. The molecule has 2 aliphatic heterocycles. The second kappa shape index (κ2) is 6.64. The summed E-state index contributed by atoms with van der Waals surface area (Å²) in [6.45, 7) is 2.62. The van der Waals surface area contributed by atoms with Crippen molar-refractivity contribution in [2.24, 2.45) is 0 Å². The lowest BCUT2D eigenvalue weighted by molar-refractivity contribution is -0.157. The molecule has 0 radical (unpaired) electrons. The van der Waals surface area contributed by atoms with Crippen LogP contribution in [0.4, 0.5) is 0 Å². The van der Waals surface area contributed by atoms with E-state index in [0.717, 1.165) is 0 Å². The van der Waals surface area contributed by atoms with Crippen molar-refractivity contribution in [2.75, 3.05) is 27.2 Å². The van der Waals surface area contributed by atoms with Crippen LogP contribution >= 0.6 is 0 Å². The van der Waals surface area contributed by atoms with Gasteiger partial charge in [-0.3, -0.25) is 24.0 Å². The zero-order valence-corrected chi connectivity index (χ0v) is 15.6. The first-order valence-corrected chi connectivity index (χ1v) is 8.56. The van der Waals surface area contributed by atoms with Crippen LogP contribution in [-0.4, -0.2) is 78.4 Å². The van der Waals surface area contributed by atoms with E-state index in [1.54, 1.807) is 0 Å². The Bertz CT molecular complexity index is 840. The number of hydrogen-bond acceptors (Lipinski definition) is 6. The van der Waals surface area contributed by atoms with Crippen molar-refractivity contribution in [2.45, 2.75) is 32.4 Å². The summed E-state index contributed by atoms with van der Waals surface area (Å²) >= 11 is 0. The lowest BCUT2D eigenvalue weighted by Gasteiger charge is -2.47. The molecule has 0 aromatic heterocycles. The molecule has 0 bridgehead atoms. The Labute approximate surface area is 156 Å². The van der Waals surface area contributed by atoms with Gasteiger partial charge in [-0.25, -0.2) is 0 Å². The lowest BCUT2D eigenvalue weighted by Crippen LogP contribution is -2.66. The standard InChI is InChI=1S/C18H21N3O6/c1-8-15(24)10-5-11-18(26)20(3)7-13(23)21(11)12(6-19-9(2)22)14(10)16(25)17(8)27-4/h11-12H,5-7H2,1-4H3,(H,19,22)/t11-,12+/m0/s1. The number of piperazine rings is 1. The molecule has 9 heteroatoms. The summed E-state index contributed by atoms with van der Waals surface area (Å²) in [4.78, 5) is 65.2. The molecule has 9 nitrogen and oxygen atoms in total. The van der Waals surface area contributed by atoms with Gasteiger partial charge < -0.3 is 19.9 Å². The largest absolute Gasteiger partial charge is 0.492 e. The number of nitrogens with one attached hydrogen (secondary N) is 1. The van der Waals surface area contributed by atoms with E-state index in [1.165, 1.54) is 37.8 Å².